The third-order valence-corrected chi connectivity index (χ3v) is 1.88. The van der Waals surface area contributed by atoms with Gasteiger partial charge in [-0.15, -0.1) is 0 Å². The highest BCUT2D eigenvalue weighted by molar-refractivity contribution is 5.71. The SMILES string of the molecule is CCCN(CCOCC)CC(=O)OC. The first kappa shape index (κ1) is 13.4. The summed E-state index contributed by atoms with van der Waals surface area (Å²) in [5.74, 6) is -0.185. The first-order chi connectivity index (χ1) is 6.74. The third kappa shape index (κ3) is 6.86. The lowest BCUT2D eigenvalue weighted by atomic mass is 10.4. The van der Waals surface area contributed by atoms with E-state index in [1.165, 1.54) is 7.11 Å². The molecule has 84 valence electrons. The smallest absolute Gasteiger partial charge is 0.319 e. The second-order valence-electron chi connectivity index (χ2n) is 3.05. The Bertz CT molecular complexity index is 150. The molecule has 0 saturated carbocycles. The maximum Gasteiger partial charge on any atom is 0.319 e. The van der Waals surface area contributed by atoms with Crippen molar-refractivity contribution >= 4 is 5.97 Å². The van der Waals surface area contributed by atoms with Gasteiger partial charge in [-0.1, -0.05) is 6.92 Å². The maximum absolute atomic E-state index is 11.0. The predicted octanol–water partition coefficient (Wildman–Crippen LogP) is 0.908. The Morgan fingerprint density at radius 1 is 1.29 bits per heavy atom. The van der Waals surface area contributed by atoms with E-state index in [9.17, 15) is 4.79 Å². The zero-order chi connectivity index (χ0) is 10.8. The summed E-state index contributed by atoms with van der Waals surface area (Å²) in [4.78, 5) is 13.1. The summed E-state index contributed by atoms with van der Waals surface area (Å²) in [6.07, 6.45) is 1.03. The second-order valence-corrected chi connectivity index (χ2v) is 3.05. The van der Waals surface area contributed by atoms with Gasteiger partial charge >= 0.3 is 5.97 Å². The van der Waals surface area contributed by atoms with Gasteiger partial charge in [0.1, 0.15) is 0 Å². The lowest BCUT2D eigenvalue weighted by Crippen LogP contribution is -2.34. The van der Waals surface area contributed by atoms with Gasteiger partial charge in [0.05, 0.1) is 20.3 Å². The second kappa shape index (κ2) is 8.97. The van der Waals surface area contributed by atoms with Gasteiger partial charge in [-0.25, -0.2) is 0 Å². The van der Waals surface area contributed by atoms with Crippen molar-refractivity contribution in [2.75, 3.05) is 40.0 Å². The van der Waals surface area contributed by atoms with Crippen LogP contribution in [0.3, 0.4) is 0 Å². The van der Waals surface area contributed by atoms with Crippen LogP contribution in [-0.4, -0.2) is 50.8 Å². The quantitative estimate of drug-likeness (QED) is 0.434. The molecule has 0 unspecified atom stereocenters. The van der Waals surface area contributed by atoms with Crippen LogP contribution in [-0.2, 0) is 14.3 Å². The Labute approximate surface area is 86.2 Å². The number of carbonyl (C=O) groups excluding carboxylic acids is 1. The lowest BCUT2D eigenvalue weighted by Gasteiger charge is -2.19. The van der Waals surface area contributed by atoms with Crippen LogP contribution in [0.25, 0.3) is 0 Å². The Kier molecular flexibility index (Phi) is 8.57. The van der Waals surface area contributed by atoms with Crippen molar-refractivity contribution in [3.8, 4) is 0 Å². The number of carbonyl (C=O) groups is 1. The average Bonchev–Trinajstić information content (AvgIpc) is 2.18. The molecule has 0 radical (unpaired) electrons. The summed E-state index contributed by atoms with van der Waals surface area (Å²) in [6, 6.07) is 0. The molecular weight excluding hydrogens is 182 g/mol. The molecule has 4 heteroatoms. The number of hydrogen-bond donors (Lipinski definition) is 0. The highest BCUT2D eigenvalue weighted by Gasteiger charge is 2.09. The van der Waals surface area contributed by atoms with E-state index >= 15 is 0 Å². The zero-order valence-electron chi connectivity index (χ0n) is 9.41. The highest BCUT2D eigenvalue weighted by Crippen LogP contribution is 1.92. The van der Waals surface area contributed by atoms with Crippen molar-refractivity contribution in [2.45, 2.75) is 20.3 Å². The summed E-state index contributed by atoms with van der Waals surface area (Å²) in [7, 11) is 1.41. The first-order valence-corrected chi connectivity index (χ1v) is 5.11. The summed E-state index contributed by atoms with van der Waals surface area (Å²) >= 11 is 0. The minimum atomic E-state index is -0.185. The number of esters is 1. The lowest BCUT2D eigenvalue weighted by molar-refractivity contribution is -0.142. The molecule has 0 rings (SSSR count). The van der Waals surface area contributed by atoms with E-state index in [1.807, 2.05) is 11.8 Å². The van der Waals surface area contributed by atoms with E-state index < -0.39 is 0 Å². The van der Waals surface area contributed by atoms with Crippen molar-refractivity contribution in [3.63, 3.8) is 0 Å². The molecule has 14 heavy (non-hydrogen) atoms. The van der Waals surface area contributed by atoms with Crippen molar-refractivity contribution in [1.82, 2.24) is 4.90 Å². The molecule has 0 aromatic heterocycles. The van der Waals surface area contributed by atoms with Crippen LogP contribution in [0.4, 0.5) is 0 Å². The van der Waals surface area contributed by atoms with Crippen LogP contribution >= 0.6 is 0 Å². The normalized spacial score (nSPS) is 10.6. The maximum atomic E-state index is 11.0. The van der Waals surface area contributed by atoms with Crippen LogP contribution in [0.15, 0.2) is 0 Å². The molecule has 4 nitrogen and oxygen atoms in total. The average molecular weight is 203 g/mol. The van der Waals surface area contributed by atoms with Crippen LogP contribution < -0.4 is 0 Å². The van der Waals surface area contributed by atoms with Crippen LogP contribution in [0.5, 0.6) is 0 Å². The number of hydrogen-bond acceptors (Lipinski definition) is 4. The van der Waals surface area contributed by atoms with Gasteiger partial charge < -0.3 is 9.47 Å². The van der Waals surface area contributed by atoms with Crippen LogP contribution in [0.1, 0.15) is 20.3 Å². The Hall–Kier alpha value is -0.610. The molecule has 0 aliphatic rings. The van der Waals surface area contributed by atoms with E-state index in [0.29, 0.717) is 13.2 Å². The predicted molar refractivity (Wildman–Crippen MR) is 55.2 cm³/mol. The van der Waals surface area contributed by atoms with E-state index in [2.05, 4.69) is 11.7 Å². The first-order valence-electron chi connectivity index (χ1n) is 5.11. The van der Waals surface area contributed by atoms with Gasteiger partial charge in [0.15, 0.2) is 0 Å². The fourth-order valence-corrected chi connectivity index (χ4v) is 1.17. The van der Waals surface area contributed by atoms with Gasteiger partial charge in [-0.05, 0) is 19.9 Å². The van der Waals surface area contributed by atoms with Crippen molar-refractivity contribution < 1.29 is 14.3 Å². The molecule has 0 N–H and O–H groups in total. The van der Waals surface area contributed by atoms with Crippen molar-refractivity contribution in [2.24, 2.45) is 0 Å². The molecule has 0 atom stereocenters. The molecule has 0 aliphatic carbocycles. The van der Waals surface area contributed by atoms with Crippen LogP contribution in [0, 0.1) is 0 Å². The molecule has 0 aliphatic heterocycles. The molecule has 0 heterocycles. The van der Waals surface area contributed by atoms with Gasteiger partial charge in [-0.2, -0.15) is 0 Å². The molecule has 0 spiro atoms. The van der Waals surface area contributed by atoms with Crippen LogP contribution in [0.2, 0.25) is 0 Å². The van der Waals surface area contributed by atoms with E-state index in [1.54, 1.807) is 0 Å². The van der Waals surface area contributed by atoms with Gasteiger partial charge in [0.2, 0.25) is 0 Å². The number of rotatable bonds is 8. The van der Waals surface area contributed by atoms with Gasteiger partial charge in [0.25, 0.3) is 0 Å². The topological polar surface area (TPSA) is 38.8 Å². The summed E-state index contributed by atoms with van der Waals surface area (Å²) in [5, 5.41) is 0. The Morgan fingerprint density at radius 3 is 2.50 bits per heavy atom. The summed E-state index contributed by atoms with van der Waals surface area (Å²) < 4.78 is 9.84. The van der Waals surface area contributed by atoms with E-state index in [0.717, 1.165) is 26.1 Å². The number of ether oxygens (including phenoxy) is 2. The molecule has 0 saturated heterocycles. The Balaban J connectivity index is 3.70. The summed E-state index contributed by atoms with van der Waals surface area (Å²) in [6.45, 7) is 7.50. The molecule has 0 aromatic rings. The molecule has 0 amide bonds. The fourth-order valence-electron chi connectivity index (χ4n) is 1.17. The van der Waals surface area contributed by atoms with Crippen molar-refractivity contribution in [1.29, 1.82) is 0 Å². The molecular formula is C10H21NO3. The Morgan fingerprint density at radius 2 is 2.00 bits per heavy atom. The third-order valence-electron chi connectivity index (χ3n) is 1.88. The van der Waals surface area contributed by atoms with Gasteiger partial charge in [0, 0.05) is 13.2 Å². The minimum absolute atomic E-state index is 0.185. The van der Waals surface area contributed by atoms with E-state index in [4.69, 9.17) is 4.74 Å². The number of nitrogens with zero attached hydrogens (tertiary/aromatic N) is 1. The molecule has 0 bridgehead atoms. The summed E-state index contributed by atoms with van der Waals surface area (Å²) in [5.41, 5.74) is 0. The number of methoxy groups -OCH3 is 1. The van der Waals surface area contributed by atoms with E-state index in [-0.39, 0.29) is 5.97 Å². The highest BCUT2D eigenvalue weighted by atomic mass is 16.5. The fraction of sp³-hybridized carbons (Fsp3) is 0.900. The monoisotopic (exact) mass is 203 g/mol. The standard InChI is InChI=1S/C10H21NO3/c1-4-6-11(7-8-14-5-2)9-10(12)13-3/h4-9H2,1-3H3. The zero-order valence-corrected chi connectivity index (χ0v) is 9.41. The molecule has 0 aromatic carbocycles. The minimum Gasteiger partial charge on any atom is -0.468 e. The van der Waals surface area contributed by atoms with Crippen molar-refractivity contribution in [3.05, 3.63) is 0 Å². The van der Waals surface area contributed by atoms with Gasteiger partial charge in [-0.3, -0.25) is 9.69 Å². The molecule has 0 fully saturated rings. The largest absolute Gasteiger partial charge is 0.468 e.